The van der Waals surface area contributed by atoms with Crippen LogP contribution in [0, 0.1) is 0 Å². The highest BCUT2D eigenvalue weighted by atomic mass is 15.4. The summed E-state index contributed by atoms with van der Waals surface area (Å²) in [5.41, 5.74) is 0. The van der Waals surface area contributed by atoms with Gasteiger partial charge in [0.15, 0.2) is 0 Å². The van der Waals surface area contributed by atoms with Crippen molar-refractivity contribution in [2.24, 2.45) is 0 Å². The summed E-state index contributed by atoms with van der Waals surface area (Å²) in [6.07, 6.45) is 39.5. The van der Waals surface area contributed by atoms with E-state index < -0.39 is 0 Å². The molecule has 1 unspecified atom stereocenters. The van der Waals surface area contributed by atoms with Gasteiger partial charge in [0.2, 0.25) is 0 Å². The fraction of sp³-hybridized carbons (Fsp3) is 0.938. The van der Waals surface area contributed by atoms with Crippen LogP contribution in [0.15, 0.2) is 12.4 Å². The normalized spacial score (nSPS) is 15.7. The molecule has 0 aromatic rings. The standard InChI is InChI=1S/C32H64N2/c1-4-7-10-12-14-16-18-20-22-24-27-32-33(28-25-9-6-3)30-31-34(32)29-26-23-21-19-17-15-13-11-8-5-2/h30-32H,4-29H2,1-3H3. The third-order valence-electron chi connectivity index (χ3n) is 7.82. The molecule has 0 N–H and O–H groups in total. The molecule has 0 aliphatic carbocycles. The fourth-order valence-electron chi connectivity index (χ4n) is 5.48. The van der Waals surface area contributed by atoms with Gasteiger partial charge in [0, 0.05) is 25.5 Å². The monoisotopic (exact) mass is 477 g/mol. The van der Waals surface area contributed by atoms with Gasteiger partial charge in [-0.25, -0.2) is 0 Å². The van der Waals surface area contributed by atoms with Crippen LogP contribution >= 0.6 is 0 Å². The van der Waals surface area contributed by atoms with Crippen molar-refractivity contribution in [3.05, 3.63) is 12.4 Å². The van der Waals surface area contributed by atoms with Gasteiger partial charge in [0.25, 0.3) is 0 Å². The van der Waals surface area contributed by atoms with Gasteiger partial charge in [-0.05, 0) is 25.7 Å². The largest absolute Gasteiger partial charge is 0.356 e. The van der Waals surface area contributed by atoms with Gasteiger partial charge in [-0.3, -0.25) is 0 Å². The first kappa shape index (κ1) is 31.4. The molecule has 2 heteroatoms. The Morgan fingerprint density at radius 2 is 0.676 bits per heavy atom. The number of hydrogen-bond acceptors (Lipinski definition) is 2. The molecule has 2 nitrogen and oxygen atoms in total. The maximum Gasteiger partial charge on any atom is 0.101 e. The molecule has 1 rings (SSSR count). The van der Waals surface area contributed by atoms with Gasteiger partial charge in [-0.2, -0.15) is 0 Å². The molecule has 0 aromatic heterocycles. The third-order valence-corrected chi connectivity index (χ3v) is 7.82. The average molecular weight is 477 g/mol. The summed E-state index contributed by atoms with van der Waals surface area (Å²) >= 11 is 0. The van der Waals surface area contributed by atoms with E-state index in [4.69, 9.17) is 0 Å². The van der Waals surface area contributed by atoms with Crippen molar-refractivity contribution in [1.82, 2.24) is 9.80 Å². The number of rotatable bonds is 26. The van der Waals surface area contributed by atoms with Crippen LogP contribution in [0.25, 0.3) is 0 Å². The molecule has 0 fully saturated rings. The second kappa shape index (κ2) is 24.1. The number of hydrogen-bond donors (Lipinski definition) is 0. The van der Waals surface area contributed by atoms with E-state index in [9.17, 15) is 0 Å². The van der Waals surface area contributed by atoms with Crippen LogP contribution < -0.4 is 0 Å². The highest BCUT2D eigenvalue weighted by molar-refractivity contribution is 4.97. The maximum absolute atomic E-state index is 2.68. The summed E-state index contributed by atoms with van der Waals surface area (Å²) in [5, 5.41) is 0. The second-order valence-electron chi connectivity index (χ2n) is 11.1. The summed E-state index contributed by atoms with van der Waals surface area (Å²) in [6, 6.07) is 0. The molecule has 0 spiro atoms. The van der Waals surface area contributed by atoms with Gasteiger partial charge in [-0.1, -0.05) is 149 Å². The minimum Gasteiger partial charge on any atom is -0.356 e. The summed E-state index contributed by atoms with van der Waals surface area (Å²) in [4.78, 5) is 5.35. The van der Waals surface area contributed by atoms with Crippen LogP contribution in [0.2, 0.25) is 0 Å². The summed E-state index contributed by atoms with van der Waals surface area (Å²) in [6.45, 7) is 9.45. The summed E-state index contributed by atoms with van der Waals surface area (Å²) < 4.78 is 0. The van der Waals surface area contributed by atoms with Crippen molar-refractivity contribution < 1.29 is 0 Å². The Hall–Kier alpha value is -0.660. The maximum atomic E-state index is 2.68. The quantitative estimate of drug-likeness (QED) is 0.114. The average Bonchev–Trinajstić information content (AvgIpc) is 3.23. The van der Waals surface area contributed by atoms with Crippen LogP contribution in [0.4, 0.5) is 0 Å². The molecular weight excluding hydrogens is 412 g/mol. The predicted octanol–water partition coefficient (Wildman–Crippen LogP) is 10.8. The van der Waals surface area contributed by atoms with Gasteiger partial charge in [0.1, 0.15) is 6.17 Å². The highest BCUT2D eigenvalue weighted by Crippen LogP contribution is 2.23. The van der Waals surface area contributed by atoms with Gasteiger partial charge in [0.05, 0.1) is 0 Å². The van der Waals surface area contributed by atoms with E-state index >= 15 is 0 Å². The summed E-state index contributed by atoms with van der Waals surface area (Å²) in [5.74, 6) is 0. The Bertz CT molecular complexity index is 433. The van der Waals surface area contributed by atoms with Crippen molar-refractivity contribution in [2.45, 2.75) is 181 Å². The highest BCUT2D eigenvalue weighted by Gasteiger charge is 2.24. The molecule has 1 atom stereocenters. The summed E-state index contributed by atoms with van der Waals surface area (Å²) in [7, 11) is 0. The second-order valence-corrected chi connectivity index (χ2v) is 11.1. The SMILES string of the molecule is CCCCCCCCCCCCC1N(CCCCC)C=CN1CCCCCCCCCCCC. The Kier molecular flexibility index (Phi) is 22.2. The zero-order valence-electron chi connectivity index (χ0n) is 24.0. The first-order valence-corrected chi connectivity index (χ1v) is 16.0. The molecule has 0 amide bonds. The molecule has 1 heterocycles. The van der Waals surface area contributed by atoms with Crippen LogP contribution in [0.1, 0.15) is 175 Å². The van der Waals surface area contributed by atoms with E-state index in [1.165, 1.54) is 167 Å². The lowest BCUT2D eigenvalue weighted by molar-refractivity contribution is 0.135. The van der Waals surface area contributed by atoms with Gasteiger partial charge in [-0.15, -0.1) is 0 Å². The van der Waals surface area contributed by atoms with Crippen molar-refractivity contribution >= 4 is 0 Å². The van der Waals surface area contributed by atoms with Crippen LogP contribution in [0.5, 0.6) is 0 Å². The molecule has 1 aliphatic rings. The van der Waals surface area contributed by atoms with E-state index in [1.807, 2.05) is 0 Å². The predicted molar refractivity (Wildman–Crippen MR) is 154 cm³/mol. The molecule has 0 bridgehead atoms. The van der Waals surface area contributed by atoms with Gasteiger partial charge >= 0.3 is 0 Å². The van der Waals surface area contributed by atoms with Crippen molar-refractivity contribution in [1.29, 1.82) is 0 Å². The van der Waals surface area contributed by atoms with Crippen molar-refractivity contribution in [2.75, 3.05) is 13.1 Å². The lowest BCUT2D eigenvalue weighted by Gasteiger charge is -2.33. The van der Waals surface area contributed by atoms with E-state index in [0.717, 1.165) is 0 Å². The first-order valence-electron chi connectivity index (χ1n) is 16.0. The molecule has 34 heavy (non-hydrogen) atoms. The topological polar surface area (TPSA) is 6.48 Å². The van der Waals surface area contributed by atoms with E-state index in [1.54, 1.807) is 0 Å². The zero-order chi connectivity index (χ0) is 24.5. The molecule has 202 valence electrons. The van der Waals surface area contributed by atoms with Crippen molar-refractivity contribution in [3.63, 3.8) is 0 Å². The minimum atomic E-state index is 0.643. The Balaban J connectivity index is 2.17. The van der Waals surface area contributed by atoms with E-state index in [-0.39, 0.29) is 0 Å². The molecule has 1 aliphatic heterocycles. The lowest BCUT2D eigenvalue weighted by atomic mass is 10.0. The Labute approximate surface area is 216 Å². The molecule has 0 radical (unpaired) electrons. The lowest BCUT2D eigenvalue weighted by Crippen LogP contribution is -2.39. The number of unbranched alkanes of at least 4 members (excludes halogenated alkanes) is 20. The molecule has 0 aromatic carbocycles. The first-order chi connectivity index (χ1) is 16.8. The Morgan fingerprint density at radius 3 is 1.09 bits per heavy atom. The molecular formula is C32H64N2. The van der Waals surface area contributed by atoms with E-state index in [0.29, 0.717) is 6.17 Å². The van der Waals surface area contributed by atoms with Gasteiger partial charge < -0.3 is 9.80 Å². The van der Waals surface area contributed by atoms with E-state index in [2.05, 4.69) is 43.0 Å². The molecule has 0 saturated carbocycles. The fourth-order valence-corrected chi connectivity index (χ4v) is 5.48. The zero-order valence-corrected chi connectivity index (χ0v) is 24.0. The van der Waals surface area contributed by atoms with Crippen LogP contribution in [0.3, 0.4) is 0 Å². The number of nitrogens with zero attached hydrogens (tertiary/aromatic N) is 2. The minimum absolute atomic E-state index is 0.643. The third kappa shape index (κ3) is 16.9. The van der Waals surface area contributed by atoms with Crippen molar-refractivity contribution in [3.8, 4) is 0 Å². The Morgan fingerprint density at radius 1 is 0.382 bits per heavy atom. The molecule has 0 saturated heterocycles. The smallest absolute Gasteiger partial charge is 0.101 e. The van der Waals surface area contributed by atoms with Crippen LogP contribution in [-0.2, 0) is 0 Å². The van der Waals surface area contributed by atoms with Crippen LogP contribution in [-0.4, -0.2) is 29.1 Å².